The molecule has 2 atom stereocenters. The monoisotopic (exact) mass is 417 g/mol. The number of anilines is 1. The van der Waals surface area contributed by atoms with Gasteiger partial charge in [-0.2, -0.15) is 0 Å². The van der Waals surface area contributed by atoms with Crippen LogP contribution in [0.3, 0.4) is 0 Å². The van der Waals surface area contributed by atoms with E-state index in [1.165, 1.54) is 11.3 Å². The van der Waals surface area contributed by atoms with Gasteiger partial charge >= 0.3 is 6.03 Å². The highest BCUT2D eigenvalue weighted by atomic mass is 32.1. The Morgan fingerprint density at radius 1 is 1.31 bits per heavy atom. The zero-order chi connectivity index (χ0) is 21.0. The SMILES string of the molecule is CCC1CN(C(=O)Nc2nc(-c3cccnc3)cs2)C(CC)CN1CC(C)(C)O. The third kappa shape index (κ3) is 5.52. The lowest BCUT2D eigenvalue weighted by Crippen LogP contribution is -2.62. The molecule has 1 aliphatic heterocycles. The van der Waals surface area contributed by atoms with Crippen LogP contribution < -0.4 is 5.32 Å². The van der Waals surface area contributed by atoms with Crippen molar-refractivity contribution in [2.45, 2.75) is 58.2 Å². The number of hydrogen-bond donors (Lipinski definition) is 2. The van der Waals surface area contributed by atoms with E-state index in [1.54, 1.807) is 12.4 Å². The van der Waals surface area contributed by atoms with Gasteiger partial charge in [-0.25, -0.2) is 9.78 Å². The van der Waals surface area contributed by atoms with Crippen LogP contribution in [0.1, 0.15) is 40.5 Å². The van der Waals surface area contributed by atoms with E-state index in [4.69, 9.17) is 0 Å². The molecule has 2 amide bonds. The zero-order valence-corrected chi connectivity index (χ0v) is 18.4. The highest BCUT2D eigenvalue weighted by Crippen LogP contribution is 2.26. The highest BCUT2D eigenvalue weighted by molar-refractivity contribution is 7.14. The Morgan fingerprint density at radius 2 is 2.07 bits per heavy atom. The number of carbonyl (C=O) groups is 1. The minimum atomic E-state index is -0.750. The number of nitrogens with zero attached hydrogens (tertiary/aromatic N) is 4. The average Bonchev–Trinajstić information content (AvgIpc) is 3.15. The predicted molar refractivity (Wildman–Crippen MR) is 117 cm³/mol. The van der Waals surface area contributed by atoms with Crippen LogP contribution in [0.4, 0.5) is 9.93 Å². The summed E-state index contributed by atoms with van der Waals surface area (Å²) in [5.74, 6) is 0. The zero-order valence-electron chi connectivity index (χ0n) is 17.6. The van der Waals surface area contributed by atoms with Crippen molar-refractivity contribution >= 4 is 22.5 Å². The number of nitrogens with one attached hydrogen (secondary N) is 1. The van der Waals surface area contributed by atoms with Gasteiger partial charge in [0.2, 0.25) is 0 Å². The van der Waals surface area contributed by atoms with E-state index < -0.39 is 5.60 Å². The second kappa shape index (κ2) is 9.19. The van der Waals surface area contributed by atoms with Gasteiger partial charge in [-0.3, -0.25) is 15.2 Å². The molecule has 0 radical (unpaired) electrons. The van der Waals surface area contributed by atoms with Crippen LogP contribution in [0, 0.1) is 0 Å². The van der Waals surface area contributed by atoms with E-state index in [-0.39, 0.29) is 18.1 Å². The summed E-state index contributed by atoms with van der Waals surface area (Å²) in [5.41, 5.74) is 0.994. The lowest BCUT2D eigenvalue weighted by Gasteiger charge is -2.47. The topological polar surface area (TPSA) is 81.6 Å². The summed E-state index contributed by atoms with van der Waals surface area (Å²) in [6.07, 6.45) is 5.29. The first-order chi connectivity index (χ1) is 13.8. The Kier molecular flexibility index (Phi) is 6.87. The maximum Gasteiger partial charge on any atom is 0.323 e. The number of carbonyl (C=O) groups excluding carboxylic acids is 1. The molecule has 2 N–H and O–H groups in total. The van der Waals surface area contributed by atoms with Crippen LogP contribution in [-0.2, 0) is 0 Å². The number of amides is 2. The number of aromatic nitrogens is 2. The molecule has 158 valence electrons. The van der Waals surface area contributed by atoms with Crippen molar-refractivity contribution in [3.8, 4) is 11.3 Å². The summed E-state index contributed by atoms with van der Waals surface area (Å²) >= 11 is 1.42. The van der Waals surface area contributed by atoms with Crippen molar-refractivity contribution in [1.29, 1.82) is 0 Å². The van der Waals surface area contributed by atoms with Crippen molar-refractivity contribution in [2.24, 2.45) is 0 Å². The van der Waals surface area contributed by atoms with Crippen molar-refractivity contribution in [3.63, 3.8) is 0 Å². The molecule has 1 saturated heterocycles. The molecule has 2 unspecified atom stereocenters. The minimum absolute atomic E-state index is 0.106. The number of rotatable bonds is 6. The molecule has 3 heterocycles. The van der Waals surface area contributed by atoms with Gasteiger partial charge in [-0.15, -0.1) is 11.3 Å². The summed E-state index contributed by atoms with van der Waals surface area (Å²) in [7, 11) is 0. The molecule has 8 heteroatoms. The standard InChI is InChI=1S/C21H31N5O2S/c1-5-16-12-26(17(6-2)11-25(16)14-21(3,4)28)20(27)24-19-23-18(13-29-19)15-8-7-9-22-10-15/h7-10,13,16-17,28H,5-6,11-12,14H2,1-4H3,(H,23,24,27). The van der Waals surface area contributed by atoms with Gasteiger partial charge in [0, 0.05) is 55.1 Å². The van der Waals surface area contributed by atoms with Gasteiger partial charge in [-0.1, -0.05) is 13.8 Å². The number of thiazole rings is 1. The molecular weight excluding hydrogens is 386 g/mol. The van der Waals surface area contributed by atoms with Gasteiger partial charge in [-0.05, 0) is 38.8 Å². The first-order valence-electron chi connectivity index (χ1n) is 10.2. The summed E-state index contributed by atoms with van der Waals surface area (Å²) in [4.78, 5) is 26.0. The van der Waals surface area contributed by atoms with E-state index in [0.29, 0.717) is 18.2 Å². The predicted octanol–water partition coefficient (Wildman–Crippen LogP) is 3.68. The molecule has 0 bridgehead atoms. The fraction of sp³-hybridized carbons (Fsp3) is 0.571. The number of urea groups is 1. The minimum Gasteiger partial charge on any atom is -0.389 e. The first-order valence-corrected chi connectivity index (χ1v) is 11.1. The Morgan fingerprint density at radius 3 is 2.69 bits per heavy atom. The lowest BCUT2D eigenvalue weighted by molar-refractivity contribution is -0.0173. The Labute approximate surface area is 176 Å². The number of piperazine rings is 1. The number of hydrogen-bond acceptors (Lipinski definition) is 6. The molecule has 1 fully saturated rings. The third-order valence-corrected chi connectivity index (χ3v) is 6.04. The second-order valence-corrected chi connectivity index (χ2v) is 9.09. The maximum atomic E-state index is 13.0. The van der Waals surface area contributed by atoms with Gasteiger partial charge in [0.15, 0.2) is 5.13 Å². The summed E-state index contributed by atoms with van der Waals surface area (Å²) < 4.78 is 0. The number of pyridine rings is 1. The molecule has 0 aromatic carbocycles. The molecule has 2 aromatic rings. The largest absolute Gasteiger partial charge is 0.389 e. The molecule has 0 spiro atoms. The number of β-amino-alcohol motifs (C(OH)–C–C–N with tert-alkyl or cyclic N) is 1. The molecule has 29 heavy (non-hydrogen) atoms. The van der Waals surface area contributed by atoms with Crippen LogP contribution in [0.2, 0.25) is 0 Å². The third-order valence-electron chi connectivity index (χ3n) is 5.28. The maximum absolute atomic E-state index is 13.0. The molecular formula is C21H31N5O2S. The lowest BCUT2D eigenvalue weighted by atomic mass is 10.00. The van der Waals surface area contributed by atoms with E-state index >= 15 is 0 Å². The van der Waals surface area contributed by atoms with Crippen molar-refractivity contribution in [2.75, 3.05) is 25.0 Å². The van der Waals surface area contributed by atoms with E-state index in [2.05, 4.69) is 34.0 Å². The molecule has 3 rings (SSSR count). The Bertz CT molecular complexity index is 805. The van der Waals surface area contributed by atoms with Crippen molar-refractivity contribution < 1.29 is 9.90 Å². The second-order valence-electron chi connectivity index (χ2n) is 8.23. The van der Waals surface area contributed by atoms with Crippen LogP contribution in [0.25, 0.3) is 11.3 Å². The van der Waals surface area contributed by atoms with Crippen LogP contribution in [0.5, 0.6) is 0 Å². The van der Waals surface area contributed by atoms with Gasteiger partial charge in [0.05, 0.1) is 11.3 Å². The first kappa shape index (κ1) is 21.7. The van der Waals surface area contributed by atoms with Gasteiger partial charge < -0.3 is 10.0 Å². The van der Waals surface area contributed by atoms with E-state index in [0.717, 1.165) is 30.6 Å². The Hall–Kier alpha value is -2.03. The van der Waals surface area contributed by atoms with E-state index in [1.807, 2.05) is 36.3 Å². The van der Waals surface area contributed by atoms with Crippen LogP contribution in [0.15, 0.2) is 29.9 Å². The van der Waals surface area contributed by atoms with Gasteiger partial charge in [0.25, 0.3) is 0 Å². The average molecular weight is 418 g/mol. The molecule has 1 aliphatic rings. The number of aliphatic hydroxyl groups is 1. The normalized spacial score (nSPS) is 20.7. The molecule has 0 aliphatic carbocycles. The quantitative estimate of drug-likeness (QED) is 0.749. The molecule has 0 saturated carbocycles. The molecule has 7 nitrogen and oxygen atoms in total. The Balaban J connectivity index is 1.69. The summed E-state index contributed by atoms with van der Waals surface area (Å²) in [6.45, 7) is 9.93. The summed E-state index contributed by atoms with van der Waals surface area (Å²) in [6, 6.07) is 4.06. The fourth-order valence-electron chi connectivity index (χ4n) is 3.83. The molecule has 2 aromatic heterocycles. The van der Waals surface area contributed by atoms with Crippen LogP contribution in [-0.4, -0.2) is 68.2 Å². The highest BCUT2D eigenvalue weighted by Gasteiger charge is 2.36. The summed E-state index contributed by atoms with van der Waals surface area (Å²) in [5, 5.41) is 15.8. The van der Waals surface area contributed by atoms with Crippen molar-refractivity contribution in [1.82, 2.24) is 19.8 Å². The fourth-order valence-corrected chi connectivity index (χ4v) is 4.54. The van der Waals surface area contributed by atoms with Gasteiger partial charge in [0.1, 0.15) is 0 Å². The van der Waals surface area contributed by atoms with Crippen molar-refractivity contribution in [3.05, 3.63) is 29.9 Å². The van der Waals surface area contributed by atoms with Crippen LogP contribution >= 0.6 is 11.3 Å². The smallest absolute Gasteiger partial charge is 0.323 e. The van der Waals surface area contributed by atoms with E-state index in [9.17, 15) is 9.90 Å².